The fourth-order valence-corrected chi connectivity index (χ4v) is 2.82. The summed E-state index contributed by atoms with van der Waals surface area (Å²) in [6, 6.07) is 2.15. The van der Waals surface area contributed by atoms with Gasteiger partial charge in [-0.3, -0.25) is 4.79 Å². The van der Waals surface area contributed by atoms with Gasteiger partial charge in [0, 0.05) is 19.1 Å². The summed E-state index contributed by atoms with van der Waals surface area (Å²) in [7, 11) is 0. The summed E-state index contributed by atoms with van der Waals surface area (Å²) in [4.78, 5) is 14.3. The number of fused-ring (bicyclic) bond motifs is 2. The van der Waals surface area contributed by atoms with Gasteiger partial charge in [0.2, 0.25) is 0 Å². The SMILES string of the molecule is Cc1occc1C(=O)N1CC2CNCC1C2. The molecule has 0 radical (unpaired) electrons. The van der Waals surface area contributed by atoms with Gasteiger partial charge in [0.05, 0.1) is 11.8 Å². The highest BCUT2D eigenvalue weighted by Gasteiger charge is 2.38. The van der Waals surface area contributed by atoms with Crippen molar-refractivity contribution >= 4 is 5.91 Å². The van der Waals surface area contributed by atoms with Gasteiger partial charge in [0.25, 0.3) is 5.91 Å². The van der Waals surface area contributed by atoms with Crippen LogP contribution in [0.3, 0.4) is 0 Å². The molecule has 1 aromatic heterocycles. The molecule has 2 aliphatic rings. The predicted molar refractivity (Wildman–Crippen MR) is 59.2 cm³/mol. The lowest BCUT2D eigenvalue weighted by molar-refractivity contribution is 0.0738. The fraction of sp³-hybridized carbons (Fsp3) is 0.583. The summed E-state index contributed by atoms with van der Waals surface area (Å²) in [5, 5.41) is 3.37. The first kappa shape index (κ1) is 9.90. The molecule has 2 saturated heterocycles. The Labute approximate surface area is 94.6 Å². The quantitative estimate of drug-likeness (QED) is 0.768. The Bertz CT molecular complexity index is 413. The van der Waals surface area contributed by atoms with Crippen LogP contribution in [0.5, 0.6) is 0 Å². The molecule has 0 saturated carbocycles. The number of likely N-dealkylation sites (tertiary alicyclic amines) is 1. The van der Waals surface area contributed by atoms with E-state index in [1.54, 1.807) is 12.3 Å². The summed E-state index contributed by atoms with van der Waals surface area (Å²) < 4.78 is 5.19. The highest BCUT2D eigenvalue weighted by Crippen LogP contribution is 2.27. The Balaban J connectivity index is 1.83. The van der Waals surface area contributed by atoms with Crippen molar-refractivity contribution in [3.63, 3.8) is 0 Å². The molecular weight excluding hydrogens is 204 g/mol. The first-order valence-electron chi connectivity index (χ1n) is 5.81. The van der Waals surface area contributed by atoms with Crippen molar-refractivity contribution in [2.24, 2.45) is 5.92 Å². The summed E-state index contributed by atoms with van der Waals surface area (Å²) in [5.41, 5.74) is 0.715. The number of furan rings is 1. The van der Waals surface area contributed by atoms with Gasteiger partial charge in [0.1, 0.15) is 5.76 Å². The highest BCUT2D eigenvalue weighted by molar-refractivity contribution is 5.95. The lowest BCUT2D eigenvalue weighted by Gasteiger charge is -2.24. The van der Waals surface area contributed by atoms with Gasteiger partial charge in [0.15, 0.2) is 0 Å². The Hall–Kier alpha value is -1.29. The van der Waals surface area contributed by atoms with E-state index in [1.807, 2.05) is 11.8 Å². The molecule has 3 heterocycles. The first-order valence-corrected chi connectivity index (χ1v) is 5.81. The molecule has 0 aromatic carbocycles. The van der Waals surface area contributed by atoms with Crippen molar-refractivity contribution in [1.29, 1.82) is 0 Å². The van der Waals surface area contributed by atoms with Gasteiger partial charge < -0.3 is 14.6 Å². The summed E-state index contributed by atoms with van der Waals surface area (Å²) >= 11 is 0. The zero-order chi connectivity index (χ0) is 11.1. The van der Waals surface area contributed by atoms with E-state index < -0.39 is 0 Å². The molecule has 4 heteroatoms. The van der Waals surface area contributed by atoms with Gasteiger partial charge in [-0.2, -0.15) is 0 Å². The normalized spacial score (nSPS) is 28.4. The molecule has 1 N–H and O–H groups in total. The topological polar surface area (TPSA) is 45.5 Å². The van der Waals surface area contributed by atoms with E-state index in [2.05, 4.69) is 5.32 Å². The molecule has 1 amide bonds. The molecule has 2 fully saturated rings. The number of piperidine rings is 1. The maximum atomic E-state index is 12.3. The zero-order valence-electron chi connectivity index (χ0n) is 9.40. The third-order valence-electron chi connectivity index (χ3n) is 3.66. The molecule has 0 aliphatic carbocycles. The first-order chi connectivity index (χ1) is 7.75. The number of hydrogen-bond acceptors (Lipinski definition) is 3. The van der Waals surface area contributed by atoms with E-state index in [0.717, 1.165) is 31.8 Å². The van der Waals surface area contributed by atoms with Crippen molar-refractivity contribution in [3.8, 4) is 0 Å². The number of carbonyl (C=O) groups is 1. The van der Waals surface area contributed by atoms with Crippen molar-refractivity contribution in [2.45, 2.75) is 19.4 Å². The maximum absolute atomic E-state index is 12.3. The third-order valence-corrected chi connectivity index (χ3v) is 3.66. The van der Waals surface area contributed by atoms with Crippen LogP contribution in [-0.4, -0.2) is 36.5 Å². The number of carbonyl (C=O) groups excluding carboxylic acids is 1. The van der Waals surface area contributed by atoms with Crippen molar-refractivity contribution in [2.75, 3.05) is 19.6 Å². The van der Waals surface area contributed by atoms with Gasteiger partial charge in [-0.15, -0.1) is 0 Å². The standard InChI is InChI=1S/C12H16N2O2/c1-8-11(2-3-16-8)12(15)14-7-9-4-10(14)6-13-5-9/h2-3,9-10,13H,4-7H2,1H3. The van der Waals surface area contributed by atoms with Crippen molar-refractivity contribution in [3.05, 3.63) is 23.7 Å². The minimum Gasteiger partial charge on any atom is -0.469 e. The van der Waals surface area contributed by atoms with E-state index in [-0.39, 0.29) is 5.91 Å². The van der Waals surface area contributed by atoms with Crippen LogP contribution in [0.1, 0.15) is 22.5 Å². The average molecular weight is 220 g/mol. The zero-order valence-corrected chi connectivity index (χ0v) is 9.40. The van der Waals surface area contributed by atoms with Crippen LogP contribution in [0.2, 0.25) is 0 Å². The molecule has 2 bridgehead atoms. The number of nitrogens with zero attached hydrogens (tertiary/aromatic N) is 1. The van der Waals surface area contributed by atoms with E-state index >= 15 is 0 Å². The minimum absolute atomic E-state index is 0.127. The summed E-state index contributed by atoms with van der Waals surface area (Å²) in [6.45, 7) is 4.71. The van der Waals surface area contributed by atoms with Crippen LogP contribution >= 0.6 is 0 Å². The average Bonchev–Trinajstić information content (AvgIpc) is 2.82. The second-order valence-corrected chi connectivity index (χ2v) is 4.76. The molecular formula is C12H16N2O2. The molecule has 1 aromatic rings. The fourth-order valence-electron chi connectivity index (χ4n) is 2.82. The van der Waals surface area contributed by atoms with Gasteiger partial charge in [-0.25, -0.2) is 0 Å². The molecule has 86 valence electrons. The number of amides is 1. The van der Waals surface area contributed by atoms with E-state index in [4.69, 9.17) is 4.42 Å². The molecule has 2 aliphatic heterocycles. The number of aryl methyl sites for hydroxylation is 1. The second-order valence-electron chi connectivity index (χ2n) is 4.76. The van der Waals surface area contributed by atoms with E-state index in [9.17, 15) is 4.79 Å². The number of hydrogen-bond donors (Lipinski definition) is 1. The number of rotatable bonds is 1. The van der Waals surface area contributed by atoms with Crippen LogP contribution in [0, 0.1) is 12.8 Å². The number of nitrogens with one attached hydrogen (secondary N) is 1. The van der Waals surface area contributed by atoms with Crippen LogP contribution < -0.4 is 5.32 Å². The van der Waals surface area contributed by atoms with Gasteiger partial charge >= 0.3 is 0 Å². The minimum atomic E-state index is 0.127. The lowest BCUT2D eigenvalue weighted by atomic mass is 10.0. The highest BCUT2D eigenvalue weighted by atomic mass is 16.3. The van der Waals surface area contributed by atoms with Crippen LogP contribution in [0.25, 0.3) is 0 Å². The van der Waals surface area contributed by atoms with E-state index in [0.29, 0.717) is 17.5 Å². The van der Waals surface area contributed by atoms with Crippen LogP contribution in [0.4, 0.5) is 0 Å². The molecule has 2 atom stereocenters. The van der Waals surface area contributed by atoms with Gasteiger partial charge in [-0.1, -0.05) is 0 Å². The van der Waals surface area contributed by atoms with Crippen LogP contribution in [-0.2, 0) is 0 Å². The molecule has 0 spiro atoms. The molecule has 2 unspecified atom stereocenters. The Morgan fingerprint density at radius 3 is 3.12 bits per heavy atom. The monoisotopic (exact) mass is 220 g/mol. The largest absolute Gasteiger partial charge is 0.469 e. The summed E-state index contributed by atoms with van der Waals surface area (Å²) in [5.74, 6) is 1.48. The second kappa shape index (κ2) is 3.63. The smallest absolute Gasteiger partial charge is 0.257 e. The lowest BCUT2D eigenvalue weighted by Crippen LogP contribution is -2.41. The molecule has 3 rings (SSSR count). The predicted octanol–water partition coefficient (Wildman–Crippen LogP) is 1.02. The maximum Gasteiger partial charge on any atom is 0.257 e. The van der Waals surface area contributed by atoms with E-state index in [1.165, 1.54) is 0 Å². The van der Waals surface area contributed by atoms with Crippen LogP contribution in [0.15, 0.2) is 16.7 Å². The molecule has 4 nitrogen and oxygen atoms in total. The molecule has 16 heavy (non-hydrogen) atoms. The Morgan fingerprint density at radius 2 is 2.44 bits per heavy atom. The third kappa shape index (κ3) is 1.45. The summed E-state index contributed by atoms with van der Waals surface area (Å²) in [6.07, 6.45) is 2.73. The van der Waals surface area contributed by atoms with Crippen molar-refractivity contribution in [1.82, 2.24) is 10.2 Å². The van der Waals surface area contributed by atoms with Crippen molar-refractivity contribution < 1.29 is 9.21 Å². The Morgan fingerprint density at radius 1 is 1.56 bits per heavy atom. The Kier molecular flexibility index (Phi) is 2.24. The van der Waals surface area contributed by atoms with Gasteiger partial charge in [-0.05, 0) is 31.9 Å².